The Bertz CT molecular complexity index is 1440. The predicted molar refractivity (Wildman–Crippen MR) is 135 cm³/mol. The lowest BCUT2D eigenvalue weighted by Crippen LogP contribution is -2.48. The van der Waals surface area contributed by atoms with E-state index in [-0.39, 0.29) is 6.54 Å². The highest BCUT2D eigenvalue weighted by Crippen LogP contribution is 2.28. The number of H-pyrrole nitrogens is 1. The summed E-state index contributed by atoms with van der Waals surface area (Å²) in [4.78, 5) is 36.3. The molecule has 8 nitrogen and oxygen atoms in total. The van der Waals surface area contributed by atoms with Gasteiger partial charge in [-0.25, -0.2) is 4.99 Å². The van der Waals surface area contributed by atoms with Crippen molar-refractivity contribution in [2.45, 2.75) is 13.1 Å². The van der Waals surface area contributed by atoms with E-state index in [9.17, 15) is 14.8 Å². The first-order chi connectivity index (χ1) is 17.0. The normalized spacial score (nSPS) is 16.0. The zero-order chi connectivity index (χ0) is 24.4. The van der Waals surface area contributed by atoms with Crippen LogP contribution in [0.4, 0.5) is 5.69 Å². The third-order valence-electron chi connectivity index (χ3n) is 5.86. The van der Waals surface area contributed by atoms with Gasteiger partial charge in [-0.15, -0.1) is 0 Å². The van der Waals surface area contributed by atoms with Gasteiger partial charge in [0.05, 0.1) is 23.7 Å². The number of para-hydroxylation sites is 2. The molecule has 174 valence electrons. The highest BCUT2D eigenvalue weighted by molar-refractivity contribution is 6.21. The van der Waals surface area contributed by atoms with Crippen LogP contribution in [0, 0.1) is 0 Å². The van der Waals surface area contributed by atoms with Crippen LogP contribution in [-0.4, -0.2) is 46.1 Å². The Labute approximate surface area is 201 Å². The fraction of sp³-hybridized carbons (Fsp3) is 0.111. The van der Waals surface area contributed by atoms with Crippen molar-refractivity contribution < 1.29 is 14.8 Å². The summed E-state index contributed by atoms with van der Waals surface area (Å²) in [6, 6.07) is 26.2. The molecule has 0 unspecified atom stereocenters. The summed E-state index contributed by atoms with van der Waals surface area (Å²) in [5.74, 6) is -0.884. The van der Waals surface area contributed by atoms with Gasteiger partial charge in [-0.3, -0.25) is 9.59 Å². The molecule has 0 bridgehead atoms. The van der Waals surface area contributed by atoms with Crippen molar-refractivity contribution in [3.05, 3.63) is 102 Å². The SMILES string of the molecule is CC(CN1C(=O)[C@@H](NC(=O)c2cc3ccccc3[nH]2)N=C(c2ccccc2)c2ccccc21)=NO. The summed E-state index contributed by atoms with van der Waals surface area (Å²) in [5.41, 5.74) is 4.24. The molecule has 1 aliphatic heterocycles. The topological polar surface area (TPSA) is 110 Å². The molecular weight excluding hydrogens is 442 g/mol. The number of hydrogen-bond acceptors (Lipinski definition) is 5. The van der Waals surface area contributed by atoms with E-state index in [2.05, 4.69) is 15.5 Å². The number of nitrogens with zero attached hydrogens (tertiary/aromatic N) is 3. The van der Waals surface area contributed by atoms with Crippen molar-refractivity contribution in [3.8, 4) is 0 Å². The molecular formula is C27H23N5O3. The maximum Gasteiger partial charge on any atom is 0.272 e. The third-order valence-corrected chi connectivity index (χ3v) is 5.86. The van der Waals surface area contributed by atoms with Crippen molar-refractivity contribution in [2.24, 2.45) is 10.1 Å². The minimum atomic E-state index is -1.19. The lowest BCUT2D eigenvalue weighted by Gasteiger charge is -2.25. The van der Waals surface area contributed by atoms with Gasteiger partial charge in [0.15, 0.2) is 0 Å². The van der Waals surface area contributed by atoms with E-state index in [1.54, 1.807) is 13.0 Å². The number of benzene rings is 3. The summed E-state index contributed by atoms with van der Waals surface area (Å²) in [6.45, 7) is 1.67. The van der Waals surface area contributed by atoms with E-state index in [1.165, 1.54) is 4.90 Å². The Morgan fingerprint density at radius 3 is 2.54 bits per heavy atom. The highest BCUT2D eigenvalue weighted by Gasteiger charge is 2.33. The minimum absolute atomic E-state index is 0.0443. The number of hydrogen-bond donors (Lipinski definition) is 3. The number of amides is 2. The molecule has 2 heterocycles. The lowest BCUT2D eigenvalue weighted by atomic mass is 10.00. The number of aliphatic imine (C=N–C) groups is 1. The van der Waals surface area contributed by atoms with E-state index < -0.39 is 18.0 Å². The van der Waals surface area contributed by atoms with Crippen LogP contribution in [0.1, 0.15) is 28.5 Å². The Morgan fingerprint density at radius 1 is 1.06 bits per heavy atom. The number of anilines is 1. The second kappa shape index (κ2) is 9.26. The molecule has 2 amide bonds. The van der Waals surface area contributed by atoms with Crippen LogP contribution < -0.4 is 10.2 Å². The number of oxime groups is 1. The number of nitrogens with one attached hydrogen (secondary N) is 2. The van der Waals surface area contributed by atoms with Gasteiger partial charge in [-0.2, -0.15) is 0 Å². The fourth-order valence-electron chi connectivity index (χ4n) is 4.17. The Kier molecular flexibility index (Phi) is 5.85. The average molecular weight is 466 g/mol. The van der Waals surface area contributed by atoms with Gasteiger partial charge in [0.1, 0.15) is 5.69 Å². The molecule has 0 spiro atoms. The van der Waals surface area contributed by atoms with Gasteiger partial charge in [0.2, 0.25) is 6.17 Å². The zero-order valence-electron chi connectivity index (χ0n) is 19.0. The zero-order valence-corrected chi connectivity index (χ0v) is 19.0. The molecule has 0 saturated heterocycles. The Morgan fingerprint density at radius 2 is 1.77 bits per heavy atom. The van der Waals surface area contributed by atoms with Gasteiger partial charge in [-0.1, -0.05) is 71.9 Å². The average Bonchev–Trinajstić information content (AvgIpc) is 3.30. The predicted octanol–water partition coefficient (Wildman–Crippen LogP) is 3.96. The van der Waals surface area contributed by atoms with Gasteiger partial charge in [0, 0.05) is 22.0 Å². The van der Waals surface area contributed by atoms with E-state index >= 15 is 0 Å². The van der Waals surface area contributed by atoms with Crippen LogP contribution in [0.15, 0.2) is 95.1 Å². The smallest absolute Gasteiger partial charge is 0.272 e. The summed E-state index contributed by atoms with van der Waals surface area (Å²) in [7, 11) is 0. The Hall–Kier alpha value is -4.72. The number of carbonyl (C=O) groups excluding carboxylic acids is 2. The monoisotopic (exact) mass is 465 g/mol. The van der Waals surface area contributed by atoms with Crippen molar-refractivity contribution in [1.29, 1.82) is 0 Å². The number of fused-ring (bicyclic) bond motifs is 2. The maximum absolute atomic E-state index is 13.7. The summed E-state index contributed by atoms with van der Waals surface area (Å²) in [6.07, 6.45) is -1.19. The first kappa shape index (κ1) is 22.1. The number of aromatic nitrogens is 1. The largest absolute Gasteiger partial charge is 0.411 e. The van der Waals surface area contributed by atoms with E-state index in [4.69, 9.17) is 4.99 Å². The van der Waals surface area contributed by atoms with Crippen LogP contribution in [0.25, 0.3) is 10.9 Å². The molecule has 5 rings (SSSR count). The van der Waals surface area contributed by atoms with Crippen LogP contribution in [-0.2, 0) is 4.79 Å². The third kappa shape index (κ3) is 4.29. The number of aromatic amines is 1. The Balaban J connectivity index is 1.59. The van der Waals surface area contributed by atoms with Gasteiger partial charge in [0.25, 0.3) is 11.8 Å². The van der Waals surface area contributed by atoms with Crippen molar-refractivity contribution in [2.75, 3.05) is 11.4 Å². The van der Waals surface area contributed by atoms with Gasteiger partial charge < -0.3 is 20.4 Å². The molecule has 4 aromatic rings. The molecule has 0 radical (unpaired) electrons. The first-order valence-electron chi connectivity index (χ1n) is 11.2. The maximum atomic E-state index is 13.7. The molecule has 8 heteroatoms. The van der Waals surface area contributed by atoms with Crippen LogP contribution in [0.3, 0.4) is 0 Å². The summed E-state index contributed by atoms with van der Waals surface area (Å²) >= 11 is 0. The summed E-state index contributed by atoms with van der Waals surface area (Å²) in [5, 5.41) is 16.2. The highest BCUT2D eigenvalue weighted by atomic mass is 16.4. The number of carbonyl (C=O) groups is 2. The van der Waals surface area contributed by atoms with Crippen molar-refractivity contribution in [3.63, 3.8) is 0 Å². The van der Waals surface area contributed by atoms with Gasteiger partial charge in [-0.05, 0) is 25.1 Å². The van der Waals surface area contributed by atoms with E-state index in [0.717, 1.165) is 22.0 Å². The first-order valence-corrected chi connectivity index (χ1v) is 11.2. The summed E-state index contributed by atoms with van der Waals surface area (Å²) < 4.78 is 0. The van der Waals surface area contributed by atoms with Crippen molar-refractivity contribution in [1.82, 2.24) is 10.3 Å². The quantitative estimate of drug-likeness (QED) is 0.236. The standard InChI is InChI=1S/C27H23N5O3/c1-17(31-35)16-32-23-14-8-6-12-20(23)24(18-9-3-2-4-10-18)29-25(27(32)34)30-26(33)22-15-19-11-5-7-13-21(19)28-22/h2-15,25,28,35H,16H2,1H3,(H,30,33)/t25-/m1/s1. The molecule has 3 N–H and O–H groups in total. The molecule has 0 fully saturated rings. The molecule has 3 aromatic carbocycles. The lowest BCUT2D eigenvalue weighted by molar-refractivity contribution is -0.120. The second-order valence-electron chi connectivity index (χ2n) is 8.27. The van der Waals surface area contributed by atoms with Crippen molar-refractivity contribution >= 4 is 39.8 Å². The molecule has 1 aliphatic rings. The molecule has 35 heavy (non-hydrogen) atoms. The molecule has 1 atom stereocenters. The minimum Gasteiger partial charge on any atom is -0.411 e. The fourth-order valence-corrected chi connectivity index (χ4v) is 4.17. The van der Waals surface area contributed by atoms with E-state index in [0.29, 0.717) is 22.8 Å². The van der Waals surface area contributed by atoms with Crippen LogP contribution in [0.5, 0.6) is 0 Å². The number of benzodiazepines with no additional fused rings is 1. The second-order valence-corrected chi connectivity index (χ2v) is 8.27. The molecule has 0 saturated carbocycles. The molecule has 0 aliphatic carbocycles. The van der Waals surface area contributed by atoms with E-state index in [1.807, 2.05) is 78.9 Å². The van der Waals surface area contributed by atoms with Crippen LogP contribution >= 0.6 is 0 Å². The van der Waals surface area contributed by atoms with Crippen LogP contribution in [0.2, 0.25) is 0 Å². The number of rotatable bonds is 5. The van der Waals surface area contributed by atoms with Gasteiger partial charge >= 0.3 is 0 Å². The molecule has 1 aromatic heterocycles.